The molecule has 90 valence electrons. The third-order valence-electron chi connectivity index (χ3n) is 2.45. The van der Waals surface area contributed by atoms with Gasteiger partial charge in [0, 0.05) is 12.3 Å². The van der Waals surface area contributed by atoms with Gasteiger partial charge in [-0.25, -0.2) is 9.97 Å². The number of aromatic nitrogens is 3. The van der Waals surface area contributed by atoms with E-state index in [-0.39, 0.29) is 6.61 Å². The second-order valence-corrected chi connectivity index (χ2v) is 3.53. The Bertz CT molecular complexity index is 498. The summed E-state index contributed by atoms with van der Waals surface area (Å²) in [5.41, 5.74) is 7.37. The lowest BCUT2D eigenvalue weighted by atomic mass is 10.2. The fourth-order valence-corrected chi connectivity index (χ4v) is 1.55. The summed E-state index contributed by atoms with van der Waals surface area (Å²) in [6.45, 7) is -0.131. The summed E-state index contributed by atoms with van der Waals surface area (Å²) in [7, 11) is 1.56. The van der Waals surface area contributed by atoms with Gasteiger partial charge in [0.1, 0.15) is 0 Å². The fourth-order valence-electron chi connectivity index (χ4n) is 1.55. The molecule has 0 fully saturated rings. The topological polar surface area (TPSA) is 86.2 Å². The van der Waals surface area contributed by atoms with Gasteiger partial charge in [0.05, 0.1) is 43.7 Å². The van der Waals surface area contributed by atoms with Gasteiger partial charge in [0.2, 0.25) is 5.88 Å². The normalized spacial score (nSPS) is 12.4. The number of aliphatic hydroxyl groups is 1. The van der Waals surface area contributed by atoms with Gasteiger partial charge in [0.25, 0.3) is 0 Å². The smallest absolute Gasteiger partial charge is 0.215 e. The molecular weight excluding hydrogens is 220 g/mol. The lowest BCUT2D eigenvalue weighted by Crippen LogP contribution is -2.18. The van der Waals surface area contributed by atoms with Crippen LogP contribution in [0.5, 0.6) is 5.88 Å². The molecule has 6 nitrogen and oxygen atoms in total. The second-order valence-electron chi connectivity index (χ2n) is 3.53. The van der Waals surface area contributed by atoms with Crippen molar-refractivity contribution >= 4 is 0 Å². The van der Waals surface area contributed by atoms with Crippen LogP contribution in [0.3, 0.4) is 0 Å². The zero-order valence-corrected chi connectivity index (χ0v) is 9.45. The molecule has 2 aromatic heterocycles. The summed E-state index contributed by atoms with van der Waals surface area (Å²) in [6.07, 6.45) is 4.91. The minimum atomic E-state index is -0.461. The third kappa shape index (κ3) is 2.27. The highest BCUT2D eigenvalue weighted by atomic mass is 16.5. The highest BCUT2D eigenvalue weighted by Crippen LogP contribution is 2.18. The Balaban J connectivity index is 2.42. The van der Waals surface area contributed by atoms with Gasteiger partial charge in [-0.3, -0.25) is 0 Å². The first kappa shape index (κ1) is 11.6. The molecule has 0 aliphatic rings. The number of hydrogen-bond acceptors (Lipinski definition) is 5. The highest BCUT2D eigenvalue weighted by Gasteiger charge is 2.12. The fraction of sp³-hybridized carbons (Fsp3) is 0.273. The molecule has 0 aliphatic heterocycles. The van der Waals surface area contributed by atoms with E-state index in [0.29, 0.717) is 5.88 Å². The van der Waals surface area contributed by atoms with Crippen molar-refractivity contribution in [2.24, 2.45) is 5.73 Å². The molecule has 0 amide bonds. The predicted octanol–water partition coefficient (Wildman–Crippen LogP) is 0.268. The molecule has 0 spiro atoms. The standard InChI is InChI=1S/C11H14N4O2/c1-17-11-4-8(2-3-14-11)15-7-13-5-10(15)9(12)6-16/h2-5,7,9,16H,6,12H2,1H3. The van der Waals surface area contributed by atoms with E-state index in [4.69, 9.17) is 15.6 Å². The van der Waals surface area contributed by atoms with E-state index in [9.17, 15) is 0 Å². The van der Waals surface area contributed by atoms with E-state index in [1.165, 1.54) is 0 Å². The molecule has 2 heterocycles. The highest BCUT2D eigenvalue weighted by molar-refractivity contribution is 5.36. The van der Waals surface area contributed by atoms with E-state index in [0.717, 1.165) is 11.4 Å². The van der Waals surface area contributed by atoms with Crippen molar-refractivity contribution in [1.82, 2.24) is 14.5 Å². The summed E-state index contributed by atoms with van der Waals surface area (Å²) in [6, 6.07) is 3.13. The molecule has 1 unspecified atom stereocenters. The van der Waals surface area contributed by atoms with Crippen LogP contribution in [-0.4, -0.2) is 33.4 Å². The van der Waals surface area contributed by atoms with E-state index >= 15 is 0 Å². The molecule has 2 aromatic rings. The summed E-state index contributed by atoms with van der Waals surface area (Å²) in [4.78, 5) is 8.06. The molecular formula is C11H14N4O2. The molecule has 6 heteroatoms. The second kappa shape index (κ2) is 4.94. The number of aliphatic hydroxyl groups excluding tert-OH is 1. The van der Waals surface area contributed by atoms with Crippen LogP contribution in [0.2, 0.25) is 0 Å². The van der Waals surface area contributed by atoms with Crippen molar-refractivity contribution in [3.8, 4) is 11.6 Å². The van der Waals surface area contributed by atoms with Crippen LogP contribution in [0.15, 0.2) is 30.9 Å². The van der Waals surface area contributed by atoms with Crippen LogP contribution in [-0.2, 0) is 0 Å². The van der Waals surface area contributed by atoms with Crippen LogP contribution in [0.1, 0.15) is 11.7 Å². The van der Waals surface area contributed by atoms with Crippen LogP contribution in [0.4, 0.5) is 0 Å². The Hall–Kier alpha value is -1.92. The summed E-state index contributed by atoms with van der Waals surface area (Å²) < 4.78 is 6.85. The van der Waals surface area contributed by atoms with Crippen molar-refractivity contribution in [2.45, 2.75) is 6.04 Å². The van der Waals surface area contributed by atoms with E-state index < -0.39 is 6.04 Å². The van der Waals surface area contributed by atoms with Gasteiger partial charge in [-0.1, -0.05) is 0 Å². The zero-order chi connectivity index (χ0) is 12.3. The van der Waals surface area contributed by atoms with Gasteiger partial charge in [-0.15, -0.1) is 0 Å². The third-order valence-corrected chi connectivity index (χ3v) is 2.45. The number of hydrogen-bond donors (Lipinski definition) is 2. The van der Waals surface area contributed by atoms with Gasteiger partial charge in [0.15, 0.2) is 0 Å². The van der Waals surface area contributed by atoms with Crippen molar-refractivity contribution in [3.63, 3.8) is 0 Å². The van der Waals surface area contributed by atoms with Crippen LogP contribution in [0, 0.1) is 0 Å². The maximum Gasteiger partial charge on any atom is 0.215 e. The number of rotatable bonds is 4. The Morgan fingerprint density at radius 2 is 2.41 bits per heavy atom. The molecule has 0 bridgehead atoms. The molecule has 3 N–H and O–H groups in total. The largest absolute Gasteiger partial charge is 0.481 e. The maximum atomic E-state index is 9.08. The van der Waals surface area contributed by atoms with E-state index in [2.05, 4.69) is 9.97 Å². The molecule has 0 radical (unpaired) electrons. The van der Waals surface area contributed by atoms with Gasteiger partial charge in [-0.2, -0.15) is 0 Å². The minimum Gasteiger partial charge on any atom is -0.481 e. The van der Waals surface area contributed by atoms with Crippen LogP contribution >= 0.6 is 0 Å². The molecule has 1 atom stereocenters. The number of imidazole rings is 1. The van der Waals surface area contributed by atoms with Crippen molar-refractivity contribution in [2.75, 3.05) is 13.7 Å². The van der Waals surface area contributed by atoms with Crippen LogP contribution < -0.4 is 10.5 Å². The molecule has 0 saturated heterocycles. The number of ether oxygens (including phenoxy) is 1. The minimum absolute atomic E-state index is 0.131. The first-order valence-electron chi connectivity index (χ1n) is 5.15. The first-order chi connectivity index (χ1) is 8.26. The number of nitrogens with zero attached hydrogens (tertiary/aromatic N) is 3. The quantitative estimate of drug-likeness (QED) is 0.793. The summed E-state index contributed by atoms with van der Waals surface area (Å²) in [5, 5.41) is 9.08. The summed E-state index contributed by atoms with van der Waals surface area (Å²) >= 11 is 0. The molecule has 0 aromatic carbocycles. The van der Waals surface area contributed by atoms with Crippen molar-refractivity contribution in [3.05, 3.63) is 36.5 Å². The van der Waals surface area contributed by atoms with E-state index in [1.807, 2.05) is 6.07 Å². The van der Waals surface area contributed by atoms with Gasteiger partial charge >= 0.3 is 0 Å². The average molecular weight is 234 g/mol. The number of methoxy groups -OCH3 is 1. The summed E-state index contributed by atoms with van der Waals surface area (Å²) in [5.74, 6) is 0.514. The lowest BCUT2D eigenvalue weighted by molar-refractivity contribution is 0.265. The van der Waals surface area contributed by atoms with Crippen molar-refractivity contribution < 1.29 is 9.84 Å². The molecule has 0 aliphatic carbocycles. The maximum absolute atomic E-state index is 9.08. The first-order valence-corrected chi connectivity index (χ1v) is 5.15. The lowest BCUT2D eigenvalue weighted by Gasteiger charge is -2.12. The molecule has 17 heavy (non-hydrogen) atoms. The number of pyridine rings is 1. The van der Waals surface area contributed by atoms with Crippen LogP contribution in [0.25, 0.3) is 5.69 Å². The monoisotopic (exact) mass is 234 g/mol. The SMILES string of the molecule is COc1cc(-n2cncc2C(N)CO)ccn1. The zero-order valence-electron chi connectivity index (χ0n) is 9.45. The van der Waals surface area contributed by atoms with Gasteiger partial charge in [-0.05, 0) is 6.07 Å². The van der Waals surface area contributed by atoms with Gasteiger partial charge < -0.3 is 20.1 Å². The Labute approximate surface area is 98.7 Å². The Kier molecular flexibility index (Phi) is 3.36. The average Bonchev–Trinajstić information content (AvgIpc) is 2.87. The van der Waals surface area contributed by atoms with Crippen molar-refractivity contribution in [1.29, 1.82) is 0 Å². The predicted molar refractivity (Wildman–Crippen MR) is 61.9 cm³/mol. The molecule has 0 saturated carbocycles. The van der Waals surface area contributed by atoms with E-state index in [1.54, 1.807) is 36.5 Å². The number of nitrogens with two attached hydrogens (primary N) is 1. The Morgan fingerprint density at radius 1 is 1.59 bits per heavy atom. The Morgan fingerprint density at radius 3 is 3.12 bits per heavy atom. The molecule has 2 rings (SSSR count).